The van der Waals surface area contributed by atoms with Crippen molar-refractivity contribution >= 4 is 11.7 Å². The first-order chi connectivity index (χ1) is 8.15. The molecular formula is C13H19N3O. The van der Waals surface area contributed by atoms with E-state index in [9.17, 15) is 4.79 Å². The van der Waals surface area contributed by atoms with Crippen LogP contribution in [0.4, 0.5) is 10.5 Å². The summed E-state index contributed by atoms with van der Waals surface area (Å²) in [5.74, 6) is 0. The van der Waals surface area contributed by atoms with E-state index in [1.165, 1.54) is 23.3 Å². The molecule has 92 valence electrons. The number of carbonyl (C=O) groups excluding carboxylic acids is 1. The van der Waals surface area contributed by atoms with Crippen LogP contribution in [0, 0.1) is 0 Å². The van der Waals surface area contributed by atoms with E-state index in [2.05, 4.69) is 10.6 Å². The van der Waals surface area contributed by atoms with E-state index in [0.717, 1.165) is 18.3 Å². The summed E-state index contributed by atoms with van der Waals surface area (Å²) < 4.78 is 0. The van der Waals surface area contributed by atoms with Gasteiger partial charge in [-0.15, -0.1) is 0 Å². The van der Waals surface area contributed by atoms with Gasteiger partial charge in [-0.2, -0.15) is 0 Å². The summed E-state index contributed by atoms with van der Waals surface area (Å²) in [7, 11) is 3.45. The minimum Gasteiger partial charge on any atom is -0.331 e. The highest BCUT2D eigenvalue weighted by molar-refractivity contribution is 5.88. The van der Waals surface area contributed by atoms with E-state index in [1.54, 1.807) is 14.1 Å². The maximum Gasteiger partial charge on any atom is 0.321 e. The van der Waals surface area contributed by atoms with Gasteiger partial charge in [-0.25, -0.2) is 4.79 Å². The molecule has 1 saturated carbocycles. The van der Waals surface area contributed by atoms with Gasteiger partial charge < -0.3 is 15.5 Å². The van der Waals surface area contributed by atoms with Gasteiger partial charge >= 0.3 is 6.03 Å². The highest BCUT2D eigenvalue weighted by Crippen LogP contribution is 2.19. The zero-order chi connectivity index (χ0) is 12.3. The zero-order valence-corrected chi connectivity index (χ0v) is 10.4. The molecule has 0 radical (unpaired) electrons. The van der Waals surface area contributed by atoms with Crippen molar-refractivity contribution in [1.29, 1.82) is 0 Å². The molecule has 0 heterocycles. The van der Waals surface area contributed by atoms with E-state index in [0.29, 0.717) is 0 Å². The number of carbonyl (C=O) groups is 1. The summed E-state index contributed by atoms with van der Waals surface area (Å²) in [6, 6.07) is 8.58. The molecule has 17 heavy (non-hydrogen) atoms. The number of rotatable bonds is 4. The Hall–Kier alpha value is -1.55. The molecular weight excluding hydrogens is 214 g/mol. The van der Waals surface area contributed by atoms with E-state index in [-0.39, 0.29) is 6.03 Å². The molecule has 0 unspecified atom stereocenters. The molecule has 0 aromatic heterocycles. The topological polar surface area (TPSA) is 44.4 Å². The summed E-state index contributed by atoms with van der Waals surface area (Å²) in [6.07, 6.45) is 2.61. The minimum atomic E-state index is -0.103. The number of nitrogens with one attached hydrogen (secondary N) is 2. The first-order valence-corrected chi connectivity index (χ1v) is 5.96. The van der Waals surface area contributed by atoms with Crippen LogP contribution in [0.15, 0.2) is 24.3 Å². The largest absolute Gasteiger partial charge is 0.331 e. The maximum atomic E-state index is 11.4. The van der Waals surface area contributed by atoms with Gasteiger partial charge in [-0.05, 0) is 30.5 Å². The molecule has 4 heteroatoms. The lowest BCUT2D eigenvalue weighted by molar-refractivity contribution is 0.230. The normalized spacial score (nSPS) is 14.5. The smallest absolute Gasteiger partial charge is 0.321 e. The van der Waals surface area contributed by atoms with Gasteiger partial charge in [0.25, 0.3) is 0 Å². The lowest BCUT2D eigenvalue weighted by Gasteiger charge is -2.12. The van der Waals surface area contributed by atoms with Gasteiger partial charge in [0, 0.05) is 32.4 Å². The van der Waals surface area contributed by atoms with E-state index >= 15 is 0 Å². The Balaban J connectivity index is 1.85. The lowest BCUT2D eigenvalue weighted by Crippen LogP contribution is -2.27. The van der Waals surface area contributed by atoms with Crippen LogP contribution >= 0.6 is 0 Å². The monoisotopic (exact) mass is 233 g/mol. The average Bonchev–Trinajstić information content (AvgIpc) is 3.12. The standard InChI is InChI=1S/C13H19N3O/c1-16(2)13(17)15-12-5-3-10(4-6-12)9-14-11-7-8-11/h3-6,11,14H,7-9H2,1-2H3,(H,15,17). The third-order valence-electron chi connectivity index (χ3n) is 2.78. The number of amides is 2. The van der Waals surface area contributed by atoms with Gasteiger partial charge in [0.2, 0.25) is 0 Å². The summed E-state index contributed by atoms with van der Waals surface area (Å²) in [6.45, 7) is 0.909. The Bertz CT molecular complexity index is 382. The molecule has 1 fully saturated rings. The van der Waals surface area contributed by atoms with Crippen molar-refractivity contribution in [1.82, 2.24) is 10.2 Å². The Morgan fingerprint density at radius 1 is 1.29 bits per heavy atom. The molecule has 1 aromatic carbocycles. The Labute approximate surface area is 102 Å². The number of hydrogen-bond donors (Lipinski definition) is 2. The molecule has 1 aliphatic carbocycles. The second kappa shape index (κ2) is 5.19. The van der Waals surface area contributed by atoms with Gasteiger partial charge in [-0.1, -0.05) is 12.1 Å². The van der Waals surface area contributed by atoms with Gasteiger partial charge in [0.15, 0.2) is 0 Å². The van der Waals surface area contributed by atoms with Crippen LogP contribution in [-0.4, -0.2) is 31.1 Å². The highest BCUT2D eigenvalue weighted by atomic mass is 16.2. The third-order valence-corrected chi connectivity index (χ3v) is 2.78. The fourth-order valence-corrected chi connectivity index (χ4v) is 1.49. The first-order valence-electron chi connectivity index (χ1n) is 5.96. The molecule has 2 amide bonds. The summed E-state index contributed by atoms with van der Waals surface area (Å²) >= 11 is 0. The van der Waals surface area contributed by atoms with Crippen LogP contribution in [0.3, 0.4) is 0 Å². The van der Waals surface area contributed by atoms with Gasteiger partial charge in [-0.3, -0.25) is 0 Å². The maximum absolute atomic E-state index is 11.4. The third kappa shape index (κ3) is 3.75. The second-order valence-electron chi connectivity index (χ2n) is 4.68. The number of nitrogens with zero attached hydrogens (tertiary/aromatic N) is 1. The van der Waals surface area contributed by atoms with Gasteiger partial charge in [0.05, 0.1) is 0 Å². The Morgan fingerprint density at radius 2 is 1.94 bits per heavy atom. The molecule has 2 N–H and O–H groups in total. The molecule has 2 rings (SSSR count). The van der Waals surface area contributed by atoms with Crippen molar-refractivity contribution in [3.63, 3.8) is 0 Å². The van der Waals surface area contributed by atoms with Crippen molar-refractivity contribution < 1.29 is 4.79 Å². The number of urea groups is 1. The predicted molar refractivity (Wildman–Crippen MR) is 69.0 cm³/mol. The van der Waals surface area contributed by atoms with Crippen LogP contribution in [0.2, 0.25) is 0 Å². The van der Waals surface area contributed by atoms with Crippen LogP contribution in [0.5, 0.6) is 0 Å². The van der Waals surface area contributed by atoms with E-state index in [1.807, 2.05) is 24.3 Å². The zero-order valence-electron chi connectivity index (χ0n) is 10.4. The quantitative estimate of drug-likeness (QED) is 0.835. The fraction of sp³-hybridized carbons (Fsp3) is 0.462. The van der Waals surface area contributed by atoms with Crippen LogP contribution < -0.4 is 10.6 Å². The van der Waals surface area contributed by atoms with Crippen LogP contribution in [0.25, 0.3) is 0 Å². The van der Waals surface area contributed by atoms with E-state index in [4.69, 9.17) is 0 Å². The molecule has 0 spiro atoms. The van der Waals surface area contributed by atoms with Crippen molar-refractivity contribution in [2.75, 3.05) is 19.4 Å². The van der Waals surface area contributed by atoms with E-state index < -0.39 is 0 Å². The lowest BCUT2D eigenvalue weighted by atomic mass is 10.2. The Kier molecular flexibility index (Phi) is 3.64. The minimum absolute atomic E-state index is 0.103. The Morgan fingerprint density at radius 3 is 2.47 bits per heavy atom. The van der Waals surface area contributed by atoms with Crippen LogP contribution in [-0.2, 0) is 6.54 Å². The van der Waals surface area contributed by atoms with Gasteiger partial charge in [0.1, 0.15) is 0 Å². The first kappa shape index (κ1) is 11.9. The molecule has 0 aliphatic heterocycles. The molecule has 0 bridgehead atoms. The van der Waals surface area contributed by atoms with Crippen molar-refractivity contribution in [2.24, 2.45) is 0 Å². The predicted octanol–water partition coefficient (Wildman–Crippen LogP) is 2.03. The summed E-state index contributed by atoms with van der Waals surface area (Å²) in [5, 5.41) is 6.27. The number of hydrogen-bond acceptors (Lipinski definition) is 2. The summed E-state index contributed by atoms with van der Waals surface area (Å²) in [5.41, 5.74) is 2.08. The number of benzene rings is 1. The molecule has 0 atom stereocenters. The molecule has 4 nitrogen and oxygen atoms in total. The van der Waals surface area contributed by atoms with Crippen molar-refractivity contribution in [3.8, 4) is 0 Å². The average molecular weight is 233 g/mol. The summed E-state index contributed by atoms with van der Waals surface area (Å²) in [4.78, 5) is 12.9. The molecule has 1 aliphatic rings. The second-order valence-corrected chi connectivity index (χ2v) is 4.68. The fourth-order valence-electron chi connectivity index (χ4n) is 1.49. The highest BCUT2D eigenvalue weighted by Gasteiger charge is 2.19. The van der Waals surface area contributed by atoms with Crippen molar-refractivity contribution in [3.05, 3.63) is 29.8 Å². The molecule has 0 saturated heterocycles. The van der Waals surface area contributed by atoms with Crippen molar-refractivity contribution in [2.45, 2.75) is 25.4 Å². The SMILES string of the molecule is CN(C)C(=O)Nc1ccc(CNC2CC2)cc1. The number of anilines is 1. The van der Waals surface area contributed by atoms with Crippen LogP contribution in [0.1, 0.15) is 18.4 Å². The molecule has 1 aromatic rings.